The molecule has 0 unspecified atom stereocenters. The Hall–Kier alpha value is -1.70. The van der Waals surface area contributed by atoms with Crippen molar-refractivity contribution in [1.29, 1.82) is 0 Å². The first kappa shape index (κ1) is 9.84. The lowest BCUT2D eigenvalue weighted by Crippen LogP contribution is -1.81. The Balaban J connectivity index is 2.45. The minimum atomic E-state index is 0.281. The molecule has 78 valence electrons. The van der Waals surface area contributed by atoms with E-state index in [-0.39, 0.29) is 5.75 Å². The lowest BCUT2D eigenvalue weighted by Gasteiger charge is -2.03. The molecule has 0 bridgehead atoms. The highest BCUT2D eigenvalue weighted by atomic mass is 16.3. The maximum Gasteiger partial charge on any atom is 0.137 e. The summed E-state index contributed by atoms with van der Waals surface area (Å²) in [6, 6.07) is 9.45. The van der Waals surface area contributed by atoms with Gasteiger partial charge in [0.25, 0.3) is 0 Å². The Labute approximate surface area is 89.2 Å². The van der Waals surface area contributed by atoms with E-state index < -0.39 is 0 Å². The molecular formula is C13H14O2. The van der Waals surface area contributed by atoms with Crippen LogP contribution in [0.5, 0.6) is 5.75 Å². The fourth-order valence-corrected chi connectivity index (χ4v) is 1.58. The van der Waals surface area contributed by atoms with Crippen molar-refractivity contribution in [3.8, 4) is 17.1 Å². The van der Waals surface area contributed by atoms with Crippen molar-refractivity contribution in [3.05, 3.63) is 41.7 Å². The molecule has 0 fully saturated rings. The molecule has 0 radical (unpaired) electrons. The Kier molecular flexibility index (Phi) is 2.50. The van der Waals surface area contributed by atoms with Gasteiger partial charge < -0.3 is 9.52 Å². The smallest absolute Gasteiger partial charge is 0.137 e. The van der Waals surface area contributed by atoms with E-state index in [1.807, 2.05) is 31.2 Å². The van der Waals surface area contributed by atoms with E-state index in [2.05, 4.69) is 6.92 Å². The number of furan rings is 1. The Bertz CT molecular complexity index is 469. The van der Waals surface area contributed by atoms with Crippen LogP contribution in [0.2, 0.25) is 0 Å². The van der Waals surface area contributed by atoms with Crippen LogP contribution in [0.1, 0.15) is 18.2 Å². The third-order valence-electron chi connectivity index (χ3n) is 2.48. The summed E-state index contributed by atoms with van der Waals surface area (Å²) in [5.74, 6) is 1.85. The predicted octanol–water partition coefficient (Wildman–Crippen LogP) is 3.52. The Morgan fingerprint density at radius 1 is 1.20 bits per heavy atom. The van der Waals surface area contributed by atoms with Crippen LogP contribution in [-0.4, -0.2) is 5.11 Å². The summed E-state index contributed by atoms with van der Waals surface area (Å²) in [6.45, 7) is 3.95. The average molecular weight is 202 g/mol. The van der Waals surface area contributed by atoms with E-state index in [0.29, 0.717) is 5.76 Å². The maximum atomic E-state index is 9.83. The van der Waals surface area contributed by atoms with Crippen LogP contribution in [0.15, 0.2) is 34.7 Å². The van der Waals surface area contributed by atoms with E-state index in [1.54, 1.807) is 6.07 Å². The van der Waals surface area contributed by atoms with E-state index >= 15 is 0 Å². The van der Waals surface area contributed by atoms with Crippen molar-refractivity contribution in [2.45, 2.75) is 20.3 Å². The number of hydrogen-bond acceptors (Lipinski definition) is 2. The molecule has 0 saturated carbocycles. The summed E-state index contributed by atoms with van der Waals surface area (Å²) in [5, 5.41) is 9.83. The van der Waals surface area contributed by atoms with E-state index in [9.17, 15) is 5.11 Å². The van der Waals surface area contributed by atoms with Crippen LogP contribution in [0.25, 0.3) is 11.3 Å². The van der Waals surface area contributed by atoms with Crippen molar-refractivity contribution >= 4 is 0 Å². The molecule has 0 amide bonds. The predicted molar refractivity (Wildman–Crippen MR) is 59.9 cm³/mol. The van der Waals surface area contributed by atoms with Crippen molar-refractivity contribution in [3.63, 3.8) is 0 Å². The van der Waals surface area contributed by atoms with Crippen molar-refractivity contribution in [2.75, 3.05) is 0 Å². The van der Waals surface area contributed by atoms with Gasteiger partial charge in [-0.25, -0.2) is 0 Å². The highest BCUT2D eigenvalue weighted by molar-refractivity contribution is 5.66. The zero-order chi connectivity index (χ0) is 10.8. The summed E-state index contributed by atoms with van der Waals surface area (Å²) in [7, 11) is 0. The summed E-state index contributed by atoms with van der Waals surface area (Å²) in [5.41, 5.74) is 1.87. The van der Waals surface area contributed by atoms with Gasteiger partial charge in [0, 0.05) is 0 Å². The number of rotatable bonds is 2. The van der Waals surface area contributed by atoms with Gasteiger partial charge in [-0.3, -0.25) is 0 Å². The largest absolute Gasteiger partial charge is 0.507 e. The van der Waals surface area contributed by atoms with Crippen LogP contribution in [0.3, 0.4) is 0 Å². The number of phenolic OH excluding ortho intramolecular Hbond substituents is 1. The Morgan fingerprint density at radius 2 is 2.00 bits per heavy atom. The number of benzene rings is 1. The number of aromatic hydroxyl groups is 1. The van der Waals surface area contributed by atoms with Crippen molar-refractivity contribution in [2.24, 2.45) is 0 Å². The molecule has 0 aliphatic rings. The SMILES string of the molecule is CCc1ccc(-c2ccc(C)o2)c(O)c1. The molecule has 0 aliphatic carbocycles. The summed E-state index contributed by atoms with van der Waals surface area (Å²) in [4.78, 5) is 0. The molecule has 1 heterocycles. The fraction of sp³-hybridized carbons (Fsp3) is 0.231. The first-order valence-corrected chi connectivity index (χ1v) is 5.09. The molecule has 0 spiro atoms. The van der Waals surface area contributed by atoms with Crippen LogP contribution >= 0.6 is 0 Å². The normalized spacial score (nSPS) is 10.5. The molecule has 1 N–H and O–H groups in total. The lowest BCUT2D eigenvalue weighted by atomic mass is 10.1. The summed E-state index contributed by atoms with van der Waals surface area (Å²) < 4.78 is 5.46. The van der Waals surface area contributed by atoms with E-state index in [0.717, 1.165) is 23.3 Å². The second kappa shape index (κ2) is 3.81. The minimum Gasteiger partial charge on any atom is -0.507 e. The van der Waals surface area contributed by atoms with Crippen LogP contribution in [-0.2, 0) is 6.42 Å². The van der Waals surface area contributed by atoms with Crippen molar-refractivity contribution < 1.29 is 9.52 Å². The first-order chi connectivity index (χ1) is 7.20. The molecule has 0 atom stereocenters. The second-order valence-electron chi connectivity index (χ2n) is 3.62. The van der Waals surface area contributed by atoms with Gasteiger partial charge in [0.05, 0.1) is 5.56 Å². The van der Waals surface area contributed by atoms with Gasteiger partial charge in [-0.1, -0.05) is 13.0 Å². The van der Waals surface area contributed by atoms with Gasteiger partial charge in [0.15, 0.2) is 0 Å². The zero-order valence-corrected chi connectivity index (χ0v) is 8.95. The molecule has 1 aromatic heterocycles. The second-order valence-corrected chi connectivity index (χ2v) is 3.62. The molecule has 1 aromatic carbocycles. The standard InChI is InChI=1S/C13H14O2/c1-3-10-5-6-11(12(14)8-10)13-7-4-9(2)15-13/h4-8,14H,3H2,1-2H3. The molecule has 2 heteroatoms. The molecule has 0 aliphatic heterocycles. The minimum absolute atomic E-state index is 0.281. The van der Waals surface area contributed by atoms with Gasteiger partial charge in [-0.2, -0.15) is 0 Å². The van der Waals surface area contributed by atoms with Gasteiger partial charge in [0.1, 0.15) is 17.3 Å². The van der Waals surface area contributed by atoms with E-state index in [4.69, 9.17) is 4.42 Å². The number of aryl methyl sites for hydroxylation is 2. The zero-order valence-electron chi connectivity index (χ0n) is 8.95. The van der Waals surface area contributed by atoms with E-state index in [1.165, 1.54) is 0 Å². The lowest BCUT2D eigenvalue weighted by molar-refractivity contribution is 0.471. The summed E-state index contributed by atoms with van der Waals surface area (Å²) >= 11 is 0. The van der Waals surface area contributed by atoms with Gasteiger partial charge >= 0.3 is 0 Å². The summed E-state index contributed by atoms with van der Waals surface area (Å²) in [6.07, 6.45) is 0.922. The molecule has 0 saturated heterocycles. The highest BCUT2D eigenvalue weighted by Gasteiger charge is 2.08. The van der Waals surface area contributed by atoms with Crippen LogP contribution in [0.4, 0.5) is 0 Å². The maximum absolute atomic E-state index is 9.83. The number of hydrogen-bond donors (Lipinski definition) is 1. The molecule has 2 nitrogen and oxygen atoms in total. The average Bonchev–Trinajstić information content (AvgIpc) is 2.64. The highest BCUT2D eigenvalue weighted by Crippen LogP contribution is 2.31. The number of phenols is 1. The van der Waals surface area contributed by atoms with Gasteiger partial charge in [-0.15, -0.1) is 0 Å². The van der Waals surface area contributed by atoms with Crippen molar-refractivity contribution in [1.82, 2.24) is 0 Å². The van der Waals surface area contributed by atoms with Crippen LogP contribution < -0.4 is 0 Å². The molecule has 2 aromatic rings. The quantitative estimate of drug-likeness (QED) is 0.808. The molecular weight excluding hydrogens is 188 g/mol. The van der Waals surface area contributed by atoms with Gasteiger partial charge in [-0.05, 0) is 43.2 Å². The third-order valence-corrected chi connectivity index (χ3v) is 2.48. The third kappa shape index (κ3) is 1.89. The Morgan fingerprint density at radius 3 is 2.53 bits per heavy atom. The topological polar surface area (TPSA) is 33.4 Å². The molecule has 15 heavy (non-hydrogen) atoms. The molecule has 2 rings (SSSR count). The fourth-order valence-electron chi connectivity index (χ4n) is 1.58. The van der Waals surface area contributed by atoms with Crippen LogP contribution in [0, 0.1) is 6.92 Å². The van der Waals surface area contributed by atoms with Gasteiger partial charge in [0.2, 0.25) is 0 Å². The monoisotopic (exact) mass is 202 g/mol. The first-order valence-electron chi connectivity index (χ1n) is 5.09.